The zero-order valence-corrected chi connectivity index (χ0v) is 13.5. The van der Waals surface area contributed by atoms with Crippen LogP contribution in [0, 0.1) is 6.92 Å². The number of aromatic nitrogens is 1. The van der Waals surface area contributed by atoms with E-state index in [0.29, 0.717) is 18.0 Å². The number of benzene rings is 2. The predicted molar refractivity (Wildman–Crippen MR) is 92.0 cm³/mol. The van der Waals surface area contributed by atoms with Gasteiger partial charge in [-0.15, -0.1) is 11.3 Å². The summed E-state index contributed by atoms with van der Waals surface area (Å²) in [6, 6.07) is 17.3. The zero-order valence-electron chi connectivity index (χ0n) is 12.7. The second-order valence-corrected chi connectivity index (χ2v) is 6.07. The maximum absolute atomic E-state index is 12.0. The molecule has 2 aromatic carbocycles. The quantitative estimate of drug-likeness (QED) is 0.762. The molecule has 1 aromatic heterocycles. The van der Waals surface area contributed by atoms with E-state index >= 15 is 0 Å². The van der Waals surface area contributed by atoms with Gasteiger partial charge in [0.15, 0.2) is 0 Å². The number of hydrogen-bond acceptors (Lipinski definition) is 4. The number of ether oxygens (including phenoxy) is 1. The van der Waals surface area contributed by atoms with Crippen molar-refractivity contribution in [1.29, 1.82) is 0 Å². The lowest BCUT2D eigenvalue weighted by molar-refractivity contribution is 0.102. The Bertz CT molecular complexity index is 782. The normalized spacial score (nSPS) is 10.3. The summed E-state index contributed by atoms with van der Waals surface area (Å²) in [5.41, 5.74) is 2.27. The van der Waals surface area contributed by atoms with Gasteiger partial charge < -0.3 is 10.1 Å². The number of rotatable bonds is 5. The number of amides is 1. The highest BCUT2D eigenvalue weighted by Gasteiger charge is 2.09. The van der Waals surface area contributed by atoms with E-state index in [1.807, 2.05) is 61.5 Å². The lowest BCUT2D eigenvalue weighted by atomic mass is 10.2. The Kier molecular flexibility index (Phi) is 4.68. The van der Waals surface area contributed by atoms with E-state index in [9.17, 15) is 4.79 Å². The van der Waals surface area contributed by atoms with Gasteiger partial charge in [-0.2, -0.15) is 0 Å². The molecule has 116 valence electrons. The van der Waals surface area contributed by atoms with E-state index < -0.39 is 0 Å². The fourth-order valence-corrected chi connectivity index (χ4v) is 2.63. The van der Waals surface area contributed by atoms with Gasteiger partial charge in [-0.05, 0) is 36.8 Å². The SMILES string of the molecule is Cc1nc(C(=O)Nc2ccc(OCc3ccccc3)cc2)cs1. The lowest BCUT2D eigenvalue weighted by Crippen LogP contribution is -2.12. The molecular weight excluding hydrogens is 308 g/mol. The predicted octanol–water partition coefficient (Wildman–Crippen LogP) is 4.28. The van der Waals surface area contributed by atoms with Crippen molar-refractivity contribution in [1.82, 2.24) is 4.98 Å². The third kappa shape index (κ3) is 4.17. The van der Waals surface area contributed by atoms with Crippen LogP contribution in [-0.4, -0.2) is 10.9 Å². The molecular formula is C18H16N2O2S. The molecule has 3 rings (SSSR count). The van der Waals surface area contributed by atoms with Crippen molar-refractivity contribution < 1.29 is 9.53 Å². The van der Waals surface area contributed by atoms with Gasteiger partial charge in [0.1, 0.15) is 18.1 Å². The van der Waals surface area contributed by atoms with E-state index in [-0.39, 0.29) is 5.91 Å². The highest BCUT2D eigenvalue weighted by molar-refractivity contribution is 7.09. The maximum atomic E-state index is 12.0. The van der Waals surface area contributed by atoms with Gasteiger partial charge in [0, 0.05) is 11.1 Å². The Labute approximate surface area is 138 Å². The van der Waals surface area contributed by atoms with Gasteiger partial charge in [-0.3, -0.25) is 4.79 Å². The van der Waals surface area contributed by atoms with E-state index in [1.54, 1.807) is 5.38 Å². The summed E-state index contributed by atoms with van der Waals surface area (Å²) >= 11 is 1.46. The third-order valence-electron chi connectivity index (χ3n) is 3.21. The highest BCUT2D eigenvalue weighted by Crippen LogP contribution is 2.18. The van der Waals surface area contributed by atoms with E-state index in [4.69, 9.17) is 4.74 Å². The van der Waals surface area contributed by atoms with Crippen LogP contribution in [0.5, 0.6) is 5.75 Å². The van der Waals surface area contributed by atoms with Crippen LogP contribution in [0.4, 0.5) is 5.69 Å². The molecule has 0 aliphatic carbocycles. The molecule has 0 fully saturated rings. The Morgan fingerprint density at radius 3 is 2.52 bits per heavy atom. The molecule has 0 unspecified atom stereocenters. The third-order valence-corrected chi connectivity index (χ3v) is 3.99. The van der Waals surface area contributed by atoms with Crippen molar-refractivity contribution in [2.24, 2.45) is 0 Å². The molecule has 4 nitrogen and oxygen atoms in total. The van der Waals surface area contributed by atoms with Crippen LogP contribution >= 0.6 is 11.3 Å². The fraction of sp³-hybridized carbons (Fsp3) is 0.111. The minimum absolute atomic E-state index is 0.202. The summed E-state index contributed by atoms with van der Waals surface area (Å²) in [5.74, 6) is 0.559. The van der Waals surface area contributed by atoms with E-state index in [0.717, 1.165) is 16.3 Å². The second-order valence-electron chi connectivity index (χ2n) is 5.00. The van der Waals surface area contributed by atoms with Crippen molar-refractivity contribution in [2.45, 2.75) is 13.5 Å². The molecule has 0 saturated heterocycles. The average Bonchev–Trinajstić information content (AvgIpc) is 3.02. The highest BCUT2D eigenvalue weighted by atomic mass is 32.1. The molecule has 0 saturated carbocycles. The Balaban J connectivity index is 1.57. The molecule has 1 heterocycles. The van der Waals surface area contributed by atoms with Crippen LogP contribution in [0.3, 0.4) is 0 Å². The summed E-state index contributed by atoms with van der Waals surface area (Å²) in [6.07, 6.45) is 0. The number of thiazole rings is 1. The number of anilines is 1. The molecule has 0 aliphatic heterocycles. The molecule has 0 spiro atoms. The summed E-state index contributed by atoms with van der Waals surface area (Å²) in [5, 5.41) is 5.45. The van der Waals surface area contributed by atoms with Crippen LogP contribution in [0.25, 0.3) is 0 Å². The van der Waals surface area contributed by atoms with E-state index in [2.05, 4.69) is 10.3 Å². The van der Waals surface area contributed by atoms with Gasteiger partial charge in [-0.1, -0.05) is 30.3 Å². The standard InChI is InChI=1S/C18H16N2O2S/c1-13-19-17(12-23-13)18(21)20-15-7-9-16(10-8-15)22-11-14-5-3-2-4-6-14/h2-10,12H,11H2,1H3,(H,20,21). The lowest BCUT2D eigenvalue weighted by Gasteiger charge is -2.08. The first-order valence-electron chi connectivity index (χ1n) is 7.21. The monoisotopic (exact) mass is 324 g/mol. The molecule has 0 radical (unpaired) electrons. The molecule has 3 aromatic rings. The summed E-state index contributed by atoms with van der Waals surface area (Å²) in [4.78, 5) is 16.2. The van der Waals surface area contributed by atoms with E-state index in [1.165, 1.54) is 11.3 Å². The number of carbonyl (C=O) groups excluding carboxylic acids is 1. The summed E-state index contributed by atoms with van der Waals surface area (Å²) in [6.45, 7) is 2.39. The van der Waals surface area contributed by atoms with Gasteiger partial charge >= 0.3 is 0 Å². The van der Waals surface area contributed by atoms with Crippen LogP contribution in [0.15, 0.2) is 60.0 Å². The molecule has 0 aliphatic rings. The van der Waals surface area contributed by atoms with Gasteiger partial charge in [-0.25, -0.2) is 4.98 Å². The van der Waals surface area contributed by atoms with Crippen LogP contribution in [-0.2, 0) is 6.61 Å². The number of nitrogens with zero attached hydrogens (tertiary/aromatic N) is 1. The molecule has 23 heavy (non-hydrogen) atoms. The maximum Gasteiger partial charge on any atom is 0.275 e. The molecule has 0 atom stereocenters. The van der Waals surface area contributed by atoms with Gasteiger partial charge in [0.05, 0.1) is 5.01 Å². The van der Waals surface area contributed by atoms with Crippen LogP contribution in [0.2, 0.25) is 0 Å². The Hall–Kier alpha value is -2.66. The first-order chi connectivity index (χ1) is 11.2. The zero-order chi connectivity index (χ0) is 16.1. The van der Waals surface area contributed by atoms with Crippen LogP contribution < -0.4 is 10.1 Å². The minimum atomic E-state index is -0.202. The van der Waals surface area contributed by atoms with Crippen molar-refractivity contribution in [2.75, 3.05) is 5.32 Å². The average molecular weight is 324 g/mol. The Morgan fingerprint density at radius 2 is 1.87 bits per heavy atom. The minimum Gasteiger partial charge on any atom is -0.489 e. The summed E-state index contributed by atoms with van der Waals surface area (Å²) < 4.78 is 5.72. The first-order valence-corrected chi connectivity index (χ1v) is 8.09. The Morgan fingerprint density at radius 1 is 1.13 bits per heavy atom. The van der Waals surface area contributed by atoms with Crippen molar-refractivity contribution in [3.8, 4) is 5.75 Å². The summed E-state index contributed by atoms with van der Waals surface area (Å²) in [7, 11) is 0. The molecule has 1 N–H and O–H groups in total. The van der Waals surface area contributed by atoms with Crippen LogP contribution in [0.1, 0.15) is 21.1 Å². The smallest absolute Gasteiger partial charge is 0.275 e. The number of hydrogen-bond donors (Lipinski definition) is 1. The molecule has 1 amide bonds. The number of carbonyl (C=O) groups is 1. The topological polar surface area (TPSA) is 51.2 Å². The fourth-order valence-electron chi connectivity index (χ4n) is 2.04. The van der Waals surface area contributed by atoms with Crippen molar-refractivity contribution in [3.63, 3.8) is 0 Å². The van der Waals surface area contributed by atoms with Gasteiger partial charge in [0.25, 0.3) is 5.91 Å². The molecule has 0 bridgehead atoms. The number of aryl methyl sites for hydroxylation is 1. The van der Waals surface area contributed by atoms with Gasteiger partial charge in [0.2, 0.25) is 0 Å². The van der Waals surface area contributed by atoms with Crippen molar-refractivity contribution >= 4 is 22.9 Å². The molecule has 5 heteroatoms. The second kappa shape index (κ2) is 7.07. The van der Waals surface area contributed by atoms with Crippen molar-refractivity contribution in [3.05, 3.63) is 76.2 Å². The largest absolute Gasteiger partial charge is 0.489 e. The number of nitrogens with one attached hydrogen (secondary N) is 1. The first kappa shape index (κ1) is 15.2.